The van der Waals surface area contributed by atoms with Crippen LogP contribution in [0.1, 0.15) is 0 Å². The maximum Gasteiger partial charge on any atom is 0.134 e. The second kappa shape index (κ2) is 6.45. The van der Waals surface area contributed by atoms with E-state index in [-0.39, 0.29) is 0 Å². The standard InChI is InChI=1S/C6H13NO3S/c1-10-2-3-11-4-5(7)6(8)9/h5H,2-4,7H2,1H3,(H,8,9)/t5-/m0/s1. The molecule has 0 aromatic rings. The lowest BCUT2D eigenvalue weighted by molar-refractivity contribution is -0.431. The minimum Gasteiger partial charge on any atom is -0.544 e. The van der Waals surface area contributed by atoms with Gasteiger partial charge in [0, 0.05) is 12.9 Å². The van der Waals surface area contributed by atoms with Crippen molar-refractivity contribution in [1.29, 1.82) is 0 Å². The first-order chi connectivity index (χ1) is 5.18. The number of carboxylic acid groups (broad SMARTS) is 1. The molecule has 0 spiro atoms. The highest BCUT2D eigenvalue weighted by Gasteiger charge is 2.05. The topological polar surface area (TPSA) is 77.0 Å². The number of carbonyl (C=O) groups excluding carboxylic acids is 1. The van der Waals surface area contributed by atoms with Crippen molar-refractivity contribution in [3.63, 3.8) is 0 Å². The Bertz CT molecular complexity index is 120. The highest BCUT2D eigenvalue weighted by atomic mass is 32.2. The number of thioether (sulfide) groups is 1. The quantitative estimate of drug-likeness (QED) is 0.466. The number of ether oxygens (including phenoxy) is 1. The van der Waals surface area contributed by atoms with Crippen molar-refractivity contribution in [2.24, 2.45) is 0 Å². The van der Waals surface area contributed by atoms with Gasteiger partial charge in [-0.15, -0.1) is 0 Å². The Kier molecular flexibility index (Phi) is 6.30. The molecular weight excluding hydrogens is 166 g/mol. The van der Waals surface area contributed by atoms with E-state index >= 15 is 0 Å². The molecule has 0 fully saturated rings. The van der Waals surface area contributed by atoms with E-state index < -0.39 is 12.0 Å². The second-order valence-corrected chi connectivity index (χ2v) is 3.23. The average Bonchev–Trinajstić information content (AvgIpc) is 1.97. The van der Waals surface area contributed by atoms with E-state index in [9.17, 15) is 9.90 Å². The fourth-order valence-electron chi connectivity index (χ4n) is 0.436. The number of carbonyl (C=O) groups is 1. The fourth-order valence-corrected chi connectivity index (χ4v) is 1.31. The van der Waals surface area contributed by atoms with Gasteiger partial charge in [-0.3, -0.25) is 0 Å². The molecule has 0 heterocycles. The Balaban J connectivity index is 3.17. The number of hydrogen-bond donors (Lipinski definition) is 1. The first-order valence-electron chi connectivity index (χ1n) is 3.29. The minimum atomic E-state index is -1.09. The zero-order chi connectivity index (χ0) is 8.69. The SMILES string of the molecule is COCCSC[C@H]([NH3+])C(=O)[O-]. The Hall–Kier alpha value is -0.260. The third-order valence-electron chi connectivity index (χ3n) is 1.08. The molecule has 3 N–H and O–H groups in total. The monoisotopic (exact) mass is 179 g/mol. The van der Waals surface area contributed by atoms with Crippen LogP contribution in [0.25, 0.3) is 0 Å². The van der Waals surface area contributed by atoms with Gasteiger partial charge in [0.2, 0.25) is 0 Å². The van der Waals surface area contributed by atoms with Gasteiger partial charge in [0.05, 0.1) is 18.3 Å². The molecule has 0 unspecified atom stereocenters. The third-order valence-corrected chi connectivity index (χ3v) is 2.18. The van der Waals surface area contributed by atoms with Gasteiger partial charge < -0.3 is 20.4 Å². The summed E-state index contributed by atoms with van der Waals surface area (Å²) in [6.45, 7) is 0.643. The van der Waals surface area contributed by atoms with Crippen molar-refractivity contribution in [2.75, 3.05) is 25.2 Å². The summed E-state index contributed by atoms with van der Waals surface area (Å²) in [5.41, 5.74) is 3.41. The number of rotatable bonds is 6. The van der Waals surface area contributed by atoms with Gasteiger partial charge in [0.15, 0.2) is 0 Å². The number of carboxylic acids is 1. The summed E-state index contributed by atoms with van der Waals surface area (Å²) in [5.74, 6) is 0.205. The molecule has 0 aliphatic heterocycles. The van der Waals surface area contributed by atoms with Gasteiger partial charge in [0.25, 0.3) is 0 Å². The first-order valence-corrected chi connectivity index (χ1v) is 4.44. The van der Waals surface area contributed by atoms with E-state index in [0.717, 1.165) is 5.75 Å². The zero-order valence-electron chi connectivity index (χ0n) is 6.54. The number of methoxy groups -OCH3 is 1. The third kappa shape index (κ3) is 6.15. The Labute approximate surface area is 70.1 Å². The van der Waals surface area contributed by atoms with Crippen molar-refractivity contribution in [1.82, 2.24) is 0 Å². The molecule has 0 saturated carbocycles. The van der Waals surface area contributed by atoms with Gasteiger partial charge in [-0.2, -0.15) is 11.8 Å². The van der Waals surface area contributed by atoms with E-state index in [1.165, 1.54) is 11.8 Å². The Morgan fingerprint density at radius 1 is 1.82 bits per heavy atom. The summed E-state index contributed by atoms with van der Waals surface area (Å²) in [5, 5.41) is 10.1. The molecule has 0 rings (SSSR count). The van der Waals surface area contributed by atoms with E-state index in [2.05, 4.69) is 5.73 Å². The molecule has 4 nitrogen and oxygen atoms in total. The van der Waals surface area contributed by atoms with E-state index in [1.54, 1.807) is 7.11 Å². The fraction of sp³-hybridized carbons (Fsp3) is 0.833. The van der Waals surface area contributed by atoms with Crippen molar-refractivity contribution in [3.8, 4) is 0 Å². The molecule has 0 aliphatic carbocycles. The largest absolute Gasteiger partial charge is 0.544 e. The van der Waals surface area contributed by atoms with Gasteiger partial charge in [0.1, 0.15) is 6.04 Å². The summed E-state index contributed by atoms with van der Waals surface area (Å²) >= 11 is 1.51. The second-order valence-electron chi connectivity index (χ2n) is 2.08. The Morgan fingerprint density at radius 2 is 2.45 bits per heavy atom. The number of quaternary nitrogens is 1. The first kappa shape index (κ1) is 10.7. The predicted molar refractivity (Wildman–Crippen MR) is 40.9 cm³/mol. The van der Waals surface area contributed by atoms with Crippen molar-refractivity contribution >= 4 is 17.7 Å². The lowest BCUT2D eigenvalue weighted by atomic mass is 10.4. The molecule has 0 saturated heterocycles. The summed E-state index contributed by atoms with van der Waals surface area (Å²) in [6.07, 6.45) is 0. The molecular formula is C6H13NO3S. The van der Waals surface area contributed by atoms with Crippen LogP contribution in [-0.4, -0.2) is 37.2 Å². The van der Waals surface area contributed by atoms with Crippen LogP contribution >= 0.6 is 11.8 Å². The summed E-state index contributed by atoms with van der Waals surface area (Å²) in [7, 11) is 1.61. The van der Waals surface area contributed by atoms with Crippen LogP contribution in [0, 0.1) is 0 Å². The molecule has 0 aliphatic rings. The van der Waals surface area contributed by atoms with Crippen molar-refractivity contribution < 1.29 is 20.4 Å². The van der Waals surface area contributed by atoms with Crippen LogP contribution in [0.2, 0.25) is 0 Å². The van der Waals surface area contributed by atoms with Crippen LogP contribution in [-0.2, 0) is 9.53 Å². The maximum atomic E-state index is 10.1. The normalized spacial score (nSPS) is 12.9. The lowest BCUT2D eigenvalue weighted by Gasteiger charge is -2.07. The molecule has 1 atom stereocenters. The van der Waals surface area contributed by atoms with Gasteiger partial charge in [-0.1, -0.05) is 0 Å². The molecule has 0 bridgehead atoms. The van der Waals surface area contributed by atoms with Gasteiger partial charge in [-0.25, -0.2) is 0 Å². The molecule has 0 radical (unpaired) electrons. The van der Waals surface area contributed by atoms with Crippen molar-refractivity contribution in [3.05, 3.63) is 0 Å². The predicted octanol–water partition coefficient (Wildman–Crippen LogP) is -2.27. The highest BCUT2D eigenvalue weighted by Crippen LogP contribution is 1.99. The van der Waals surface area contributed by atoms with Gasteiger partial charge >= 0.3 is 0 Å². The molecule has 5 heteroatoms. The summed E-state index contributed by atoms with van der Waals surface area (Å²) in [6, 6.07) is -0.614. The van der Waals surface area contributed by atoms with Crippen molar-refractivity contribution in [2.45, 2.75) is 6.04 Å². The summed E-state index contributed by atoms with van der Waals surface area (Å²) in [4.78, 5) is 10.1. The van der Waals surface area contributed by atoms with Gasteiger partial charge in [-0.05, 0) is 0 Å². The number of hydrogen-bond acceptors (Lipinski definition) is 4. The van der Waals surface area contributed by atoms with Crippen LogP contribution in [0.4, 0.5) is 0 Å². The molecule has 0 amide bonds. The maximum absolute atomic E-state index is 10.1. The minimum absolute atomic E-state index is 0.492. The van der Waals surface area contributed by atoms with E-state index in [0.29, 0.717) is 12.4 Å². The van der Waals surface area contributed by atoms with Crippen LogP contribution < -0.4 is 10.8 Å². The van der Waals surface area contributed by atoms with Crippen LogP contribution in [0.5, 0.6) is 0 Å². The molecule has 0 aromatic heterocycles. The van der Waals surface area contributed by atoms with E-state index in [4.69, 9.17) is 4.74 Å². The highest BCUT2D eigenvalue weighted by molar-refractivity contribution is 7.99. The molecule has 66 valence electrons. The molecule has 11 heavy (non-hydrogen) atoms. The lowest BCUT2D eigenvalue weighted by Crippen LogP contribution is -2.69. The average molecular weight is 179 g/mol. The number of aliphatic carboxylic acids is 1. The zero-order valence-corrected chi connectivity index (χ0v) is 7.36. The molecule has 0 aromatic carbocycles. The smallest absolute Gasteiger partial charge is 0.134 e. The summed E-state index contributed by atoms with van der Waals surface area (Å²) < 4.78 is 4.78. The Morgan fingerprint density at radius 3 is 2.91 bits per heavy atom. The van der Waals surface area contributed by atoms with Crippen LogP contribution in [0.15, 0.2) is 0 Å². The van der Waals surface area contributed by atoms with E-state index in [1.807, 2.05) is 0 Å². The van der Waals surface area contributed by atoms with Crippen LogP contribution in [0.3, 0.4) is 0 Å².